The Morgan fingerprint density at radius 3 is 2.67 bits per heavy atom. The van der Waals surface area contributed by atoms with Crippen molar-refractivity contribution >= 4 is 33.3 Å². The molecule has 2 heterocycles. The summed E-state index contributed by atoms with van der Waals surface area (Å²) in [5.41, 5.74) is 0.238. The molecule has 0 spiro atoms. The lowest BCUT2D eigenvalue weighted by Crippen LogP contribution is -2.30. The van der Waals surface area contributed by atoms with Crippen molar-refractivity contribution in [1.29, 1.82) is 0 Å². The molecule has 0 saturated heterocycles. The molecule has 0 aliphatic carbocycles. The Kier molecular flexibility index (Phi) is 3.43. The van der Waals surface area contributed by atoms with E-state index in [2.05, 4.69) is 59.4 Å². The first kappa shape index (κ1) is 13.1. The molecular formula is C13H20N4S. The molecule has 2 aromatic heterocycles. The summed E-state index contributed by atoms with van der Waals surface area (Å²) in [4.78, 5) is 12.3. The lowest BCUT2D eigenvalue weighted by molar-refractivity contribution is 0.418. The van der Waals surface area contributed by atoms with E-state index in [9.17, 15) is 0 Å². The van der Waals surface area contributed by atoms with Crippen LogP contribution in [0.25, 0.3) is 10.2 Å². The van der Waals surface area contributed by atoms with Gasteiger partial charge in [0.05, 0.1) is 5.39 Å². The summed E-state index contributed by atoms with van der Waals surface area (Å²) in [7, 11) is 3.94. The third-order valence-corrected chi connectivity index (χ3v) is 3.41. The fourth-order valence-electron chi connectivity index (χ4n) is 2.03. The van der Waals surface area contributed by atoms with Crippen molar-refractivity contribution in [2.24, 2.45) is 5.41 Å². The van der Waals surface area contributed by atoms with Gasteiger partial charge in [0.1, 0.15) is 10.6 Å². The SMILES string of the molecule is CNc1nc(N(C)CC(C)(C)C)c2ccsc2n1. The molecule has 0 unspecified atom stereocenters. The number of thiophene rings is 1. The maximum absolute atomic E-state index is 4.59. The van der Waals surface area contributed by atoms with E-state index in [-0.39, 0.29) is 5.41 Å². The van der Waals surface area contributed by atoms with Gasteiger partial charge in [0.25, 0.3) is 0 Å². The molecule has 0 aromatic carbocycles. The molecule has 0 amide bonds. The van der Waals surface area contributed by atoms with Gasteiger partial charge in [-0.2, -0.15) is 4.98 Å². The average molecular weight is 264 g/mol. The highest BCUT2D eigenvalue weighted by Crippen LogP contribution is 2.30. The molecule has 0 radical (unpaired) electrons. The predicted octanol–water partition coefficient (Wildman–Crippen LogP) is 3.22. The van der Waals surface area contributed by atoms with Crippen LogP contribution in [0.15, 0.2) is 11.4 Å². The summed E-state index contributed by atoms with van der Waals surface area (Å²) >= 11 is 1.65. The lowest BCUT2D eigenvalue weighted by atomic mass is 9.96. The van der Waals surface area contributed by atoms with Crippen molar-refractivity contribution in [3.05, 3.63) is 11.4 Å². The van der Waals surface area contributed by atoms with Crippen LogP contribution in [-0.4, -0.2) is 30.6 Å². The minimum absolute atomic E-state index is 0.238. The van der Waals surface area contributed by atoms with E-state index >= 15 is 0 Å². The van der Waals surface area contributed by atoms with Gasteiger partial charge < -0.3 is 10.2 Å². The predicted molar refractivity (Wildman–Crippen MR) is 79.7 cm³/mol. The van der Waals surface area contributed by atoms with Gasteiger partial charge in [-0.3, -0.25) is 0 Å². The Labute approximate surface area is 112 Å². The van der Waals surface area contributed by atoms with Crippen LogP contribution in [0, 0.1) is 5.41 Å². The smallest absolute Gasteiger partial charge is 0.225 e. The first-order valence-corrected chi connectivity index (χ1v) is 6.93. The molecule has 1 N–H and O–H groups in total. The Bertz CT molecular complexity index is 541. The second-order valence-electron chi connectivity index (χ2n) is 5.68. The molecule has 98 valence electrons. The zero-order chi connectivity index (χ0) is 13.3. The minimum Gasteiger partial charge on any atom is -0.358 e. The van der Waals surface area contributed by atoms with E-state index in [0.717, 1.165) is 22.6 Å². The number of anilines is 2. The van der Waals surface area contributed by atoms with Crippen LogP contribution in [0.2, 0.25) is 0 Å². The summed E-state index contributed by atoms with van der Waals surface area (Å²) in [6.45, 7) is 7.65. The number of nitrogens with zero attached hydrogens (tertiary/aromatic N) is 3. The number of aromatic nitrogens is 2. The molecule has 0 bridgehead atoms. The molecule has 0 saturated carbocycles. The highest BCUT2D eigenvalue weighted by molar-refractivity contribution is 7.16. The molecule has 0 atom stereocenters. The first-order chi connectivity index (χ1) is 8.40. The van der Waals surface area contributed by atoms with E-state index in [1.807, 2.05) is 7.05 Å². The van der Waals surface area contributed by atoms with Crippen molar-refractivity contribution in [1.82, 2.24) is 9.97 Å². The second kappa shape index (κ2) is 4.72. The summed E-state index contributed by atoms with van der Waals surface area (Å²) < 4.78 is 0. The van der Waals surface area contributed by atoms with Crippen molar-refractivity contribution < 1.29 is 0 Å². The molecule has 5 heteroatoms. The number of hydrogen-bond donors (Lipinski definition) is 1. The zero-order valence-electron chi connectivity index (χ0n) is 11.6. The number of rotatable bonds is 3. The van der Waals surface area contributed by atoms with Crippen molar-refractivity contribution in [2.75, 3.05) is 30.9 Å². The number of hydrogen-bond acceptors (Lipinski definition) is 5. The molecule has 4 nitrogen and oxygen atoms in total. The summed E-state index contributed by atoms with van der Waals surface area (Å²) in [6.07, 6.45) is 0. The second-order valence-corrected chi connectivity index (χ2v) is 6.57. The quantitative estimate of drug-likeness (QED) is 0.924. The summed E-state index contributed by atoms with van der Waals surface area (Å²) in [5, 5.41) is 6.22. The van der Waals surface area contributed by atoms with E-state index in [1.54, 1.807) is 11.3 Å². The topological polar surface area (TPSA) is 41.1 Å². The Balaban J connectivity index is 2.45. The fourth-order valence-corrected chi connectivity index (χ4v) is 2.79. The van der Waals surface area contributed by atoms with Crippen LogP contribution in [0.3, 0.4) is 0 Å². The van der Waals surface area contributed by atoms with Gasteiger partial charge in [0.2, 0.25) is 5.95 Å². The van der Waals surface area contributed by atoms with Crippen molar-refractivity contribution in [3.8, 4) is 0 Å². The highest BCUT2D eigenvalue weighted by atomic mass is 32.1. The number of fused-ring (bicyclic) bond motifs is 1. The first-order valence-electron chi connectivity index (χ1n) is 6.05. The monoisotopic (exact) mass is 264 g/mol. The minimum atomic E-state index is 0.238. The van der Waals surface area contributed by atoms with Gasteiger partial charge in [0.15, 0.2) is 0 Å². The van der Waals surface area contributed by atoms with Crippen molar-refractivity contribution in [2.45, 2.75) is 20.8 Å². The fraction of sp³-hybridized carbons (Fsp3) is 0.538. The summed E-state index contributed by atoms with van der Waals surface area (Å²) in [5.74, 6) is 1.68. The number of nitrogens with one attached hydrogen (secondary N) is 1. The Morgan fingerprint density at radius 2 is 2.06 bits per heavy atom. The molecule has 2 aromatic rings. The maximum Gasteiger partial charge on any atom is 0.225 e. The average Bonchev–Trinajstić information content (AvgIpc) is 2.72. The van der Waals surface area contributed by atoms with Crippen LogP contribution >= 0.6 is 11.3 Å². The van der Waals surface area contributed by atoms with Gasteiger partial charge in [-0.25, -0.2) is 4.98 Å². The van der Waals surface area contributed by atoms with E-state index in [0.29, 0.717) is 5.95 Å². The van der Waals surface area contributed by atoms with Gasteiger partial charge in [0, 0.05) is 20.6 Å². The van der Waals surface area contributed by atoms with E-state index in [1.165, 1.54) is 0 Å². The molecule has 18 heavy (non-hydrogen) atoms. The largest absolute Gasteiger partial charge is 0.358 e. The van der Waals surface area contributed by atoms with Gasteiger partial charge in [-0.1, -0.05) is 20.8 Å². The molecular weight excluding hydrogens is 244 g/mol. The van der Waals surface area contributed by atoms with Crippen LogP contribution in [-0.2, 0) is 0 Å². The molecule has 0 aliphatic rings. The third kappa shape index (κ3) is 2.72. The lowest BCUT2D eigenvalue weighted by Gasteiger charge is -2.28. The van der Waals surface area contributed by atoms with Crippen LogP contribution < -0.4 is 10.2 Å². The third-order valence-electron chi connectivity index (χ3n) is 2.60. The summed E-state index contributed by atoms with van der Waals surface area (Å²) in [6, 6.07) is 2.09. The van der Waals surface area contributed by atoms with Crippen LogP contribution in [0.5, 0.6) is 0 Å². The van der Waals surface area contributed by atoms with Crippen LogP contribution in [0.1, 0.15) is 20.8 Å². The molecule has 0 fully saturated rings. The van der Waals surface area contributed by atoms with Gasteiger partial charge in [-0.15, -0.1) is 11.3 Å². The normalized spacial score (nSPS) is 11.8. The highest BCUT2D eigenvalue weighted by Gasteiger charge is 2.18. The standard InChI is InChI=1S/C13H20N4S/c1-13(2,3)8-17(5)10-9-6-7-18-11(9)16-12(14-4)15-10/h6-7H,8H2,1-5H3,(H,14,15,16). The molecule has 0 aliphatic heterocycles. The van der Waals surface area contributed by atoms with E-state index in [4.69, 9.17) is 0 Å². The van der Waals surface area contributed by atoms with E-state index < -0.39 is 0 Å². The molecule has 2 rings (SSSR count). The van der Waals surface area contributed by atoms with Crippen LogP contribution in [0.4, 0.5) is 11.8 Å². The Hall–Kier alpha value is -1.36. The zero-order valence-corrected chi connectivity index (χ0v) is 12.4. The van der Waals surface area contributed by atoms with Gasteiger partial charge >= 0.3 is 0 Å². The van der Waals surface area contributed by atoms with Gasteiger partial charge in [-0.05, 0) is 16.9 Å². The van der Waals surface area contributed by atoms with Crippen molar-refractivity contribution in [3.63, 3.8) is 0 Å². The Morgan fingerprint density at radius 1 is 1.33 bits per heavy atom. The maximum atomic E-state index is 4.59.